The Bertz CT molecular complexity index is 689. The molecule has 1 aliphatic rings. The van der Waals surface area contributed by atoms with E-state index in [4.69, 9.17) is 28.3 Å². The highest BCUT2D eigenvalue weighted by molar-refractivity contribution is 6.36. The number of nitrogens with zero attached hydrogens (tertiary/aromatic N) is 2. The zero-order valence-electron chi connectivity index (χ0n) is 13.8. The van der Waals surface area contributed by atoms with Crippen molar-refractivity contribution in [3.63, 3.8) is 0 Å². The lowest BCUT2D eigenvalue weighted by atomic mass is 9.88. The Kier molecular flexibility index (Phi) is 6.28. The number of carbonyl (C=O) groups excluding carboxylic acids is 1. The number of hydrogen-bond donors (Lipinski definition) is 2. The summed E-state index contributed by atoms with van der Waals surface area (Å²) < 4.78 is 0. The molecular formula is C17H19Cl2N3O3. The van der Waals surface area contributed by atoms with E-state index in [-0.39, 0.29) is 12.3 Å². The van der Waals surface area contributed by atoms with Crippen LogP contribution in [0.15, 0.2) is 18.2 Å². The highest BCUT2D eigenvalue weighted by Crippen LogP contribution is 2.26. The van der Waals surface area contributed by atoms with Gasteiger partial charge in [0.1, 0.15) is 11.6 Å². The first kappa shape index (κ1) is 19.5. The van der Waals surface area contributed by atoms with Crippen LogP contribution in [0.5, 0.6) is 0 Å². The van der Waals surface area contributed by atoms with Gasteiger partial charge in [-0.3, -0.25) is 14.5 Å². The average molecular weight is 384 g/mol. The molecule has 1 aliphatic heterocycles. The summed E-state index contributed by atoms with van der Waals surface area (Å²) in [5.74, 6) is -1.24. The third-order valence-electron chi connectivity index (χ3n) is 4.55. The van der Waals surface area contributed by atoms with Crippen LogP contribution in [0.2, 0.25) is 10.0 Å². The molecule has 0 radical (unpaired) electrons. The molecule has 1 unspecified atom stereocenters. The molecule has 25 heavy (non-hydrogen) atoms. The molecule has 1 fully saturated rings. The number of hydrogen-bond acceptors (Lipinski definition) is 4. The predicted molar refractivity (Wildman–Crippen MR) is 94.6 cm³/mol. The maximum absolute atomic E-state index is 12.4. The van der Waals surface area contributed by atoms with E-state index >= 15 is 0 Å². The molecule has 0 aliphatic carbocycles. The monoisotopic (exact) mass is 383 g/mol. The van der Waals surface area contributed by atoms with Gasteiger partial charge < -0.3 is 10.4 Å². The van der Waals surface area contributed by atoms with Gasteiger partial charge in [0, 0.05) is 23.1 Å². The van der Waals surface area contributed by atoms with Gasteiger partial charge in [-0.2, -0.15) is 5.26 Å². The van der Waals surface area contributed by atoms with E-state index in [1.54, 1.807) is 30.0 Å². The highest BCUT2D eigenvalue weighted by Gasteiger charge is 2.38. The summed E-state index contributed by atoms with van der Waals surface area (Å²) in [4.78, 5) is 25.2. The standard InChI is InChI=1S/C17H19Cl2N3O3/c1-11(16(24)25)22-7-5-17(10-20,6-8-22)21-15(23)9-12-13(18)3-2-4-14(12)19/h2-4,11H,5-9H2,1H3,(H,21,23)(H,24,25). The number of aliphatic carboxylic acids is 1. The molecule has 1 aromatic carbocycles. The van der Waals surface area contributed by atoms with Gasteiger partial charge in [0.05, 0.1) is 12.5 Å². The lowest BCUT2D eigenvalue weighted by molar-refractivity contribution is -0.143. The number of benzene rings is 1. The lowest BCUT2D eigenvalue weighted by Crippen LogP contribution is -2.56. The van der Waals surface area contributed by atoms with E-state index in [2.05, 4.69) is 11.4 Å². The van der Waals surface area contributed by atoms with Gasteiger partial charge in [-0.25, -0.2) is 0 Å². The smallest absolute Gasteiger partial charge is 0.320 e. The van der Waals surface area contributed by atoms with Crippen molar-refractivity contribution < 1.29 is 14.7 Å². The molecule has 0 bridgehead atoms. The fourth-order valence-corrected chi connectivity index (χ4v) is 3.42. The Balaban J connectivity index is 2.02. The number of amides is 1. The molecule has 0 aromatic heterocycles. The van der Waals surface area contributed by atoms with Crippen LogP contribution in [-0.4, -0.2) is 46.6 Å². The number of carboxylic acid groups (broad SMARTS) is 1. The molecule has 6 nitrogen and oxygen atoms in total. The van der Waals surface area contributed by atoms with E-state index in [0.29, 0.717) is 41.5 Å². The summed E-state index contributed by atoms with van der Waals surface area (Å²) in [7, 11) is 0. The van der Waals surface area contributed by atoms with Crippen molar-refractivity contribution in [2.24, 2.45) is 0 Å². The van der Waals surface area contributed by atoms with Crippen molar-refractivity contribution >= 4 is 35.1 Å². The van der Waals surface area contributed by atoms with E-state index in [1.807, 2.05) is 0 Å². The van der Waals surface area contributed by atoms with Gasteiger partial charge >= 0.3 is 5.97 Å². The summed E-state index contributed by atoms with van der Waals surface area (Å²) in [6, 6.07) is 6.57. The van der Waals surface area contributed by atoms with Crippen LogP contribution < -0.4 is 5.32 Å². The molecule has 2 rings (SSSR count). The molecule has 2 N–H and O–H groups in total. The maximum atomic E-state index is 12.4. The minimum atomic E-state index is -1.00. The second-order valence-electron chi connectivity index (χ2n) is 6.17. The van der Waals surface area contributed by atoms with Gasteiger partial charge in [0.25, 0.3) is 0 Å². The largest absolute Gasteiger partial charge is 0.480 e. The zero-order chi connectivity index (χ0) is 18.6. The lowest BCUT2D eigenvalue weighted by Gasteiger charge is -2.39. The number of carbonyl (C=O) groups is 2. The van der Waals surface area contributed by atoms with Crippen LogP contribution in [0.25, 0.3) is 0 Å². The number of carboxylic acids is 1. The molecule has 1 aromatic rings. The minimum Gasteiger partial charge on any atom is -0.480 e. The van der Waals surface area contributed by atoms with Crippen LogP contribution in [0.1, 0.15) is 25.3 Å². The number of nitriles is 1. The van der Waals surface area contributed by atoms with Gasteiger partial charge in [-0.15, -0.1) is 0 Å². The van der Waals surface area contributed by atoms with Crippen LogP contribution in [-0.2, 0) is 16.0 Å². The van der Waals surface area contributed by atoms with E-state index < -0.39 is 17.6 Å². The second-order valence-corrected chi connectivity index (χ2v) is 6.98. The van der Waals surface area contributed by atoms with Crippen LogP contribution in [0, 0.1) is 11.3 Å². The number of rotatable bonds is 5. The molecule has 134 valence electrons. The molecule has 0 saturated carbocycles. The third-order valence-corrected chi connectivity index (χ3v) is 5.26. The Morgan fingerprint density at radius 2 is 1.92 bits per heavy atom. The minimum absolute atomic E-state index is 0.0167. The fourth-order valence-electron chi connectivity index (χ4n) is 2.89. The van der Waals surface area contributed by atoms with Crippen molar-refractivity contribution in [3.05, 3.63) is 33.8 Å². The SMILES string of the molecule is CC(C(=O)O)N1CCC(C#N)(NC(=O)Cc2c(Cl)cccc2Cl)CC1. The highest BCUT2D eigenvalue weighted by atomic mass is 35.5. The fraction of sp³-hybridized carbons (Fsp3) is 0.471. The Labute approximate surface area is 156 Å². The maximum Gasteiger partial charge on any atom is 0.320 e. The average Bonchev–Trinajstić information content (AvgIpc) is 2.58. The van der Waals surface area contributed by atoms with Gasteiger partial charge in [-0.05, 0) is 37.5 Å². The van der Waals surface area contributed by atoms with Gasteiger partial charge in [0.15, 0.2) is 0 Å². The van der Waals surface area contributed by atoms with Gasteiger partial charge in [0.2, 0.25) is 5.91 Å². The normalized spacial score (nSPS) is 18.2. The van der Waals surface area contributed by atoms with Crippen molar-refractivity contribution in [1.82, 2.24) is 10.2 Å². The van der Waals surface area contributed by atoms with E-state index in [0.717, 1.165) is 0 Å². The Morgan fingerprint density at radius 3 is 2.40 bits per heavy atom. The quantitative estimate of drug-likeness (QED) is 0.814. The number of halogens is 2. The summed E-state index contributed by atoms with van der Waals surface area (Å²) >= 11 is 12.2. The van der Waals surface area contributed by atoms with E-state index in [9.17, 15) is 14.9 Å². The number of piperidine rings is 1. The van der Waals surface area contributed by atoms with Crippen molar-refractivity contribution in [2.45, 2.75) is 37.8 Å². The molecule has 0 spiro atoms. The molecule has 1 amide bonds. The van der Waals surface area contributed by atoms with Crippen LogP contribution >= 0.6 is 23.2 Å². The summed E-state index contributed by atoms with van der Waals surface area (Å²) in [5, 5.41) is 22.2. The molecule has 1 saturated heterocycles. The van der Waals surface area contributed by atoms with E-state index in [1.165, 1.54) is 0 Å². The van der Waals surface area contributed by atoms with Crippen molar-refractivity contribution in [2.75, 3.05) is 13.1 Å². The van der Waals surface area contributed by atoms with Crippen LogP contribution in [0.4, 0.5) is 0 Å². The molecule has 8 heteroatoms. The zero-order valence-corrected chi connectivity index (χ0v) is 15.3. The predicted octanol–water partition coefficient (Wildman–Crippen LogP) is 2.48. The third kappa shape index (κ3) is 4.63. The summed E-state index contributed by atoms with van der Waals surface area (Å²) in [5.41, 5.74) is -0.479. The number of nitrogens with one attached hydrogen (secondary N) is 1. The molecular weight excluding hydrogens is 365 g/mol. The topological polar surface area (TPSA) is 93.4 Å². The first-order chi connectivity index (χ1) is 11.8. The molecule has 1 atom stereocenters. The Morgan fingerprint density at radius 1 is 1.36 bits per heavy atom. The first-order valence-electron chi connectivity index (χ1n) is 7.90. The van der Waals surface area contributed by atoms with Crippen molar-refractivity contribution in [1.29, 1.82) is 5.26 Å². The first-order valence-corrected chi connectivity index (χ1v) is 8.65. The summed E-state index contributed by atoms with van der Waals surface area (Å²) in [6.45, 7) is 2.46. The second kappa shape index (κ2) is 8.05. The summed E-state index contributed by atoms with van der Waals surface area (Å²) in [6.07, 6.45) is 0.712. The van der Waals surface area contributed by atoms with Crippen LogP contribution in [0.3, 0.4) is 0 Å². The van der Waals surface area contributed by atoms with Crippen molar-refractivity contribution in [3.8, 4) is 6.07 Å². The number of likely N-dealkylation sites (tertiary alicyclic amines) is 1. The van der Waals surface area contributed by atoms with Gasteiger partial charge in [-0.1, -0.05) is 29.3 Å². The molecule has 1 heterocycles. The Hall–Kier alpha value is -1.81.